The lowest BCUT2D eigenvalue weighted by atomic mass is 9.66. The van der Waals surface area contributed by atoms with Crippen molar-refractivity contribution >= 4 is 54.3 Å². The van der Waals surface area contributed by atoms with E-state index in [1.165, 1.54) is 82.6 Å². The Morgan fingerprint density at radius 1 is 0.339 bits per heavy atom. The molecule has 0 unspecified atom stereocenters. The van der Waals surface area contributed by atoms with Crippen LogP contribution in [0.3, 0.4) is 0 Å². The highest BCUT2D eigenvalue weighted by Gasteiger charge is 2.47. The molecule has 0 N–H and O–H groups in total. The van der Waals surface area contributed by atoms with Crippen LogP contribution < -0.4 is 0 Å². The molecule has 260 valence electrons. The van der Waals surface area contributed by atoms with Gasteiger partial charge in [0, 0.05) is 16.2 Å². The Kier molecular flexibility index (Phi) is 6.62. The molecule has 0 radical (unpaired) electrons. The summed E-state index contributed by atoms with van der Waals surface area (Å²) in [7, 11) is 0. The maximum absolute atomic E-state index is 6.67. The van der Waals surface area contributed by atoms with Gasteiger partial charge in [0.15, 0.2) is 0 Å². The summed E-state index contributed by atoms with van der Waals surface area (Å²) in [5, 5.41) is 9.66. The van der Waals surface area contributed by atoms with Gasteiger partial charge in [-0.05, 0) is 101 Å². The van der Waals surface area contributed by atoms with Gasteiger partial charge in [-0.2, -0.15) is 0 Å². The van der Waals surface area contributed by atoms with Crippen molar-refractivity contribution in [1.82, 2.24) is 0 Å². The molecule has 56 heavy (non-hydrogen) atoms. The van der Waals surface area contributed by atoms with Gasteiger partial charge in [0.2, 0.25) is 0 Å². The summed E-state index contributed by atoms with van der Waals surface area (Å²) in [5.41, 5.74) is 13.8. The van der Waals surface area contributed by atoms with Crippen LogP contribution in [-0.2, 0) is 5.41 Å². The fourth-order valence-electron chi connectivity index (χ4n) is 10.0. The normalized spacial score (nSPS) is 13.1. The lowest BCUT2D eigenvalue weighted by Gasteiger charge is -2.35. The second-order valence-electron chi connectivity index (χ2n) is 15.1. The molecule has 0 bridgehead atoms. The van der Waals surface area contributed by atoms with E-state index in [-0.39, 0.29) is 0 Å². The first-order valence-corrected chi connectivity index (χ1v) is 19.4. The van der Waals surface area contributed by atoms with Crippen LogP contribution in [-0.4, -0.2) is 0 Å². The number of hydrogen-bond donors (Lipinski definition) is 0. The Balaban J connectivity index is 1.18. The number of furan rings is 1. The van der Waals surface area contributed by atoms with Gasteiger partial charge in [-0.3, -0.25) is 0 Å². The predicted molar refractivity (Wildman–Crippen MR) is 234 cm³/mol. The summed E-state index contributed by atoms with van der Waals surface area (Å²) in [6, 6.07) is 76.0. The van der Waals surface area contributed by atoms with Crippen LogP contribution in [0.15, 0.2) is 211 Å². The third-order valence-corrected chi connectivity index (χ3v) is 12.3. The topological polar surface area (TPSA) is 13.1 Å². The molecule has 11 aromatic rings. The maximum Gasteiger partial charge on any atom is 0.143 e. The van der Waals surface area contributed by atoms with Crippen LogP contribution in [0.25, 0.3) is 87.6 Å². The van der Waals surface area contributed by atoms with E-state index in [1.54, 1.807) is 0 Å². The third kappa shape index (κ3) is 4.26. The zero-order chi connectivity index (χ0) is 36.8. The summed E-state index contributed by atoms with van der Waals surface area (Å²) in [6.07, 6.45) is 0. The molecule has 1 nitrogen and oxygen atoms in total. The summed E-state index contributed by atoms with van der Waals surface area (Å²) in [6.45, 7) is 0. The lowest BCUT2D eigenvalue weighted by Crippen LogP contribution is -2.29. The van der Waals surface area contributed by atoms with Gasteiger partial charge >= 0.3 is 0 Å². The molecule has 0 aliphatic heterocycles. The van der Waals surface area contributed by atoms with E-state index in [0.29, 0.717) is 0 Å². The van der Waals surface area contributed by atoms with Gasteiger partial charge in [0.1, 0.15) is 11.2 Å². The molecule has 12 rings (SSSR count). The summed E-state index contributed by atoms with van der Waals surface area (Å²) >= 11 is 0. The Hall–Kier alpha value is -7.22. The van der Waals surface area contributed by atoms with Crippen molar-refractivity contribution in [2.75, 3.05) is 0 Å². The molecule has 1 aliphatic rings. The molecule has 0 spiro atoms. The van der Waals surface area contributed by atoms with Gasteiger partial charge in [-0.15, -0.1) is 0 Å². The van der Waals surface area contributed by atoms with Crippen LogP contribution >= 0.6 is 0 Å². The van der Waals surface area contributed by atoms with Crippen molar-refractivity contribution in [3.05, 3.63) is 229 Å². The highest BCUT2D eigenvalue weighted by Crippen LogP contribution is 2.59. The molecule has 10 aromatic carbocycles. The molecule has 0 saturated heterocycles. The molecule has 0 saturated carbocycles. The predicted octanol–water partition coefficient (Wildman–Crippen LogP) is 14.7. The van der Waals surface area contributed by atoms with E-state index >= 15 is 0 Å². The van der Waals surface area contributed by atoms with Crippen LogP contribution in [0.4, 0.5) is 0 Å². The second kappa shape index (κ2) is 11.9. The average molecular weight is 711 g/mol. The molecule has 0 fully saturated rings. The maximum atomic E-state index is 6.67. The van der Waals surface area contributed by atoms with E-state index < -0.39 is 5.41 Å². The van der Waals surface area contributed by atoms with Gasteiger partial charge in [0.25, 0.3) is 0 Å². The highest BCUT2D eigenvalue weighted by molar-refractivity contribution is 6.19. The highest BCUT2D eigenvalue weighted by atomic mass is 16.3. The molecule has 1 heteroatoms. The first-order valence-electron chi connectivity index (χ1n) is 19.4. The smallest absolute Gasteiger partial charge is 0.143 e. The average Bonchev–Trinajstić information content (AvgIpc) is 3.81. The second-order valence-corrected chi connectivity index (χ2v) is 15.1. The van der Waals surface area contributed by atoms with Gasteiger partial charge in [0.05, 0.1) is 5.41 Å². The van der Waals surface area contributed by atoms with Crippen molar-refractivity contribution < 1.29 is 4.42 Å². The van der Waals surface area contributed by atoms with Crippen molar-refractivity contribution in [1.29, 1.82) is 0 Å². The number of benzene rings is 10. The summed E-state index contributed by atoms with van der Waals surface area (Å²) < 4.78 is 6.67. The Morgan fingerprint density at radius 3 is 1.70 bits per heavy atom. The van der Waals surface area contributed by atoms with Gasteiger partial charge in [-0.25, -0.2) is 0 Å². The molecular formula is C55H34O. The number of fused-ring (bicyclic) bond motifs is 11. The van der Waals surface area contributed by atoms with Crippen molar-refractivity contribution in [2.45, 2.75) is 5.41 Å². The van der Waals surface area contributed by atoms with Crippen LogP contribution in [0.5, 0.6) is 0 Å². The molecule has 1 heterocycles. The Labute approximate surface area is 324 Å². The Morgan fingerprint density at radius 2 is 0.911 bits per heavy atom. The Bertz CT molecular complexity index is 3310. The fraction of sp³-hybridized carbons (Fsp3) is 0.0182. The molecular weight excluding hydrogens is 677 g/mol. The summed E-state index contributed by atoms with van der Waals surface area (Å²) in [5.74, 6) is 0. The van der Waals surface area contributed by atoms with Crippen molar-refractivity contribution in [3.8, 4) is 33.4 Å². The van der Waals surface area contributed by atoms with E-state index in [2.05, 4.69) is 206 Å². The lowest BCUT2D eigenvalue weighted by molar-refractivity contribution is 0.673. The molecule has 0 amide bonds. The van der Waals surface area contributed by atoms with Gasteiger partial charge in [-0.1, -0.05) is 188 Å². The first kappa shape index (κ1) is 31.2. The van der Waals surface area contributed by atoms with E-state index in [0.717, 1.165) is 27.3 Å². The van der Waals surface area contributed by atoms with E-state index in [9.17, 15) is 0 Å². The minimum Gasteiger partial charge on any atom is -0.455 e. The minimum absolute atomic E-state index is 0.581. The molecule has 1 aromatic heterocycles. The quantitative estimate of drug-likeness (QED) is 0.177. The van der Waals surface area contributed by atoms with Crippen molar-refractivity contribution in [2.24, 2.45) is 0 Å². The third-order valence-electron chi connectivity index (χ3n) is 12.3. The zero-order valence-electron chi connectivity index (χ0n) is 30.5. The molecule has 1 aliphatic carbocycles. The monoisotopic (exact) mass is 710 g/mol. The van der Waals surface area contributed by atoms with E-state index in [4.69, 9.17) is 4.42 Å². The summed E-state index contributed by atoms with van der Waals surface area (Å²) in [4.78, 5) is 0. The largest absolute Gasteiger partial charge is 0.455 e. The van der Waals surface area contributed by atoms with E-state index in [1.807, 2.05) is 0 Å². The zero-order valence-corrected chi connectivity index (χ0v) is 30.5. The van der Waals surface area contributed by atoms with Gasteiger partial charge < -0.3 is 4.42 Å². The SMILES string of the molecule is c1ccc(C2(c3ccccc3)c3cc(-c4cccc5oc6c7ccccc7ccc6c45)ccc3-c3ccc4c(-c5cccc6ccccc56)cccc4c32)cc1. The van der Waals surface area contributed by atoms with Crippen LogP contribution in [0, 0.1) is 0 Å². The van der Waals surface area contributed by atoms with Crippen LogP contribution in [0.2, 0.25) is 0 Å². The van der Waals surface area contributed by atoms with Crippen molar-refractivity contribution in [3.63, 3.8) is 0 Å². The number of rotatable bonds is 4. The first-order chi connectivity index (χ1) is 27.8. The standard InChI is InChI=1S/C55H34O/c1-3-17-38(18-4-1)55(39-19-5-2-6-20-39)50-34-37(41-23-13-27-51-52(41)49-31-28-36-15-8-10-22-42(36)54(49)56-51)29-30-46(50)48-33-32-45-44(25-12-26-47(45)53(48)55)43-24-11-16-35-14-7-9-21-40(35)43/h1-34H. The molecule has 0 atom stereocenters. The minimum atomic E-state index is -0.581. The van der Waals surface area contributed by atoms with Crippen LogP contribution in [0.1, 0.15) is 22.3 Å². The fourth-order valence-corrected chi connectivity index (χ4v) is 10.0. The number of hydrogen-bond acceptors (Lipinski definition) is 1.